The molecule has 0 bridgehead atoms. The Morgan fingerprint density at radius 3 is 3.13 bits per heavy atom. The lowest BCUT2D eigenvalue weighted by Gasteiger charge is -2.34. The van der Waals surface area contributed by atoms with Crippen molar-refractivity contribution >= 4 is 0 Å². The first-order valence-corrected chi connectivity index (χ1v) is 6.19. The maximum absolute atomic E-state index is 5.54. The van der Waals surface area contributed by atoms with Gasteiger partial charge in [0, 0.05) is 0 Å². The number of likely N-dealkylation sites (tertiary alicyclic amines) is 1. The van der Waals surface area contributed by atoms with Crippen LogP contribution < -0.4 is 0 Å². The van der Waals surface area contributed by atoms with Gasteiger partial charge < -0.3 is 4.42 Å². The number of nitrogens with zero attached hydrogens (tertiary/aromatic N) is 1. The van der Waals surface area contributed by atoms with Crippen molar-refractivity contribution < 1.29 is 4.42 Å². The van der Waals surface area contributed by atoms with Crippen molar-refractivity contribution in [2.75, 3.05) is 13.1 Å². The highest BCUT2D eigenvalue weighted by molar-refractivity contribution is 5.05. The van der Waals surface area contributed by atoms with E-state index >= 15 is 0 Å². The SMILES string of the molecule is CCCCN1CCCC[C@@H]1c1ccco1. The standard InChI is InChI=1S/C13H21NO/c1-2-3-9-14-10-5-4-7-12(14)13-8-6-11-15-13/h6,8,11-12H,2-5,7,9-10H2,1H3/t12-/m1/s1. The molecule has 1 atom stereocenters. The van der Waals surface area contributed by atoms with Gasteiger partial charge in [-0.25, -0.2) is 0 Å². The summed E-state index contributed by atoms with van der Waals surface area (Å²) in [7, 11) is 0. The van der Waals surface area contributed by atoms with Gasteiger partial charge in [-0.05, 0) is 44.5 Å². The third-order valence-electron chi connectivity index (χ3n) is 3.28. The zero-order valence-corrected chi connectivity index (χ0v) is 9.61. The first-order chi connectivity index (χ1) is 7.42. The van der Waals surface area contributed by atoms with Crippen LogP contribution in [0.3, 0.4) is 0 Å². The Morgan fingerprint density at radius 1 is 1.47 bits per heavy atom. The third kappa shape index (κ3) is 2.63. The van der Waals surface area contributed by atoms with Crippen LogP contribution in [0.4, 0.5) is 0 Å². The van der Waals surface area contributed by atoms with Gasteiger partial charge in [-0.3, -0.25) is 4.90 Å². The van der Waals surface area contributed by atoms with E-state index in [0.717, 1.165) is 5.76 Å². The normalized spacial score (nSPS) is 23.1. The lowest BCUT2D eigenvalue weighted by atomic mass is 10.00. The van der Waals surface area contributed by atoms with Crippen molar-refractivity contribution in [1.29, 1.82) is 0 Å². The summed E-state index contributed by atoms with van der Waals surface area (Å²) in [6.45, 7) is 4.72. The van der Waals surface area contributed by atoms with Crippen LogP contribution in [-0.2, 0) is 0 Å². The van der Waals surface area contributed by atoms with Crippen LogP contribution in [0.1, 0.15) is 50.8 Å². The Morgan fingerprint density at radius 2 is 2.40 bits per heavy atom. The van der Waals surface area contributed by atoms with Crippen LogP contribution >= 0.6 is 0 Å². The largest absolute Gasteiger partial charge is 0.468 e. The van der Waals surface area contributed by atoms with Crippen LogP contribution in [0.2, 0.25) is 0 Å². The number of unbranched alkanes of at least 4 members (excludes halogenated alkanes) is 1. The topological polar surface area (TPSA) is 16.4 Å². The Hall–Kier alpha value is -0.760. The maximum Gasteiger partial charge on any atom is 0.120 e. The van der Waals surface area contributed by atoms with Gasteiger partial charge in [0.25, 0.3) is 0 Å². The van der Waals surface area contributed by atoms with Crippen molar-refractivity contribution in [2.24, 2.45) is 0 Å². The van der Waals surface area contributed by atoms with Crippen molar-refractivity contribution in [3.63, 3.8) is 0 Å². The van der Waals surface area contributed by atoms with Gasteiger partial charge in [0.1, 0.15) is 5.76 Å². The first kappa shape index (κ1) is 10.7. The number of rotatable bonds is 4. The summed E-state index contributed by atoms with van der Waals surface area (Å²) in [4.78, 5) is 2.59. The van der Waals surface area contributed by atoms with E-state index < -0.39 is 0 Å². The quantitative estimate of drug-likeness (QED) is 0.750. The fraction of sp³-hybridized carbons (Fsp3) is 0.692. The molecule has 0 radical (unpaired) electrons. The molecule has 1 aliphatic heterocycles. The van der Waals surface area contributed by atoms with Crippen LogP contribution in [-0.4, -0.2) is 18.0 Å². The summed E-state index contributed by atoms with van der Waals surface area (Å²) in [6, 6.07) is 4.66. The van der Waals surface area contributed by atoms with E-state index in [1.807, 2.05) is 6.07 Å². The molecule has 15 heavy (non-hydrogen) atoms. The van der Waals surface area contributed by atoms with Crippen molar-refractivity contribution in [2.45, 2.75) is 45.1 Å². The molecule has 2 nitrogen and oxygen atoms in total. The Balaban J connectivity index is 1.99. The van der Waals surface area contributed by atoms with Gasteiger partial charge in [0.15, 0.2) is 0 Å². The van der Waals surface area contributed by atoms with Crippen molar-refractivity contribution in [1.82, 2.24) is 4.90 Å². The lowest BCUT2D eigenvalue weighted by Crippen LogP contribution is -2.33. The number of hydrogen-bond acceptors (Lipinski definition) is 2. The van der Waals surface area contributed by atoms with E-state index in [9.17, 15) is 0 Å². The van der Waals surface area contributed by atoms with Crippen LogP contribution in [0, 0.1) is 0 Å². The third-order valence-corrected chi connectivity index (χ3v) is 3.28. The van der Waals surface area contributed by atoms with Crippen molar-refractivity contribution in [3.8, 4) is 0 Å². The van der Waals surface area contributed by atoms with Crippen LogP contribution in [0.5, 0.6) is 0 Å². The zero-order valence-electron chi connectivity index (χ0n) is 9.61. The second kappa shape index (κ2) is 5.36. The van der Waals surface area contributed by atoms with Gasteiger partial charge in [-0.2, -0.15) is 0 Å². The molecule has 1 aliphatic rings. The Labute approximate surface area is 92.3 Å². The summed E-state index contributed by atoms with van der Waals surface area (Å²) in [6.07, 6.45) is 8.33. The summed E-state index contributed by atoms with van der Waals surface area (Å²) < 4.78 is 5.54. The van der Waals surface area contributed by atoms with E-state index in [2.05, 4.69) is 17.9 Å². The maximum atomic E-state index is 5.54. The molecule has 1 aromatic rings. The molecule has 2 heterocycles. The summed E-state index contributed by atoms with van der Waals surface area (Å²) in [5.41, 5.74) is 0. The predicted octanol–water partition coefficient (Wildman–Crippen LogP) is 3.61. The number of furan rings is 1. The fourth-order valence-electron chi connectivity index (χ4n) is 2.42. The molecule has 2 heteroatoms. The lowest BCUT2D eigenvalue weighted by molar-refractivity contribution is 0.128. The van der Waals surface area contributed by atoms with Gasteiger partial charge >= 0.3 is 0 Å². The molecule has 0 unspecified atom stereocenters. The highest BCUT2D eigenvalue weighted by Crippen LogP contribution is 2.31. The monoisotopic (exact) mass is 207 g/mol. The van der Waals surface area contributed by atoms with Crippen LogP contribution in [0.15, 0.2) is 22.8 Å². The molecule has 2 rings (SSSR count). The highest BCUT2D eigenvalue weighted by atomic mass is 16.3. The average Bonchev–Trinajstić information content (AvgIpc) is 2.80. The van der Waals surface area contributed by atoms with Crippen LogP contribution in [0.25, 0.3) is 0 Å². The van der Waals surface area contributed by atoms with E-state index in [1.54, 1.807) is 6.26 Å². The average molecular weight is 207 g/mol. The number of piperidine rings is 1. The first-order valence-electron chi connectivity index (χ1n) is 6.19. The highest BCUT2D eigenvalue weighted by Gasteiger charge is 2.24. The predicted molar refractivity (Wildman–Crippen MR) is 61.8 cm³/mol. The van der Waals surface area contributed by atoms with E-state index in [4.69, 9.17) is 4.42 Å². The fourth-order valence-corrected chi connectivity index (χ4v) is 2.42. The molecule has 0 N–H and O–H groups in total. The van der Waals surface area contributed by atoms with Crippen molar-refractivity contribution in [3.05, 3.63) is 24.2 Å². The Bertz CT molecular complexity index is 268. The van der Waals surface area contributed by atoms with E-state index in [0.29, 0.717) is 6.04 Å². The Kier molecular flexibility index (Phi) is 3.84. The molecule has 0 amide bonds. The smallest absolute Gasteiger partial charge is 0.120 e. The second-order valence-electron chi connectivity index (χ2n) is 4.42. The van der Waals surface area contributed by atoms with Gasteiger partial charge in [-0.15, -0.1) is 0 Å². The summed E-state index contributed by atoms with van der Waals surface area (Å²) >= 11 is 0. The number of hydrogen-bond donors (Lipinski definition) is 0. The molecule has 1 fully saturated rings. The summed E-state index contributed by atoms with van der Waals surface area (Å²) in [5, 5.41) is 0. The molecular formula is C13H21NO. The van der Waals surface area contributed by atoms with E-state index in [-0.39, 0.29) is 0 Å². The second-order valence-corrected chi connectivity index (χ2v) is 4.42. The molecule has 1 aromatic heterocycles. The minimum Gasteiger partial charge on any atom is -0.468 e. The van der Waals surface area contributed by atoms with Gasteiger partial charge in [-0.1, -0.05) is 19.8 Å². The molecule has 1 saturated heterocycles. The molecular weight excluding hydrogens is 186 g/mol. The molecule has 0 saturated carbocycles. The minimum absolute atomic E-state index is 0.542. The van der Waals surface area contributed by atoms with Gasteiger partial charge in [0.2, 0.25) is 0 Å². The summed E-state index contributed by atoms with van der Waals surface area (Å²) in [5.74, 6) is 1.16. The molecule has 0 aromatic carbocycles. The zero-order chi connectivity index (χ0) is 10.5. The molecule has 84 valence electrons. The minimum atomic E-state index is 0.542. The van der Waals surface area contributed by atoms with Gasteiger partial charge in [0.05, 0.1) is 12.3 Å². The van der Waals surface area contributed by atoms with E-state index in [1.165, 1.54) is 45.2 Å². The molecule has 0 spiro atoms. The molecule has 0 aliphatic carbocycles.